The zero-order valence-corrected chi connectivity index (χ0v) is 15.2. The van der Waals surface area contributed by atoms with Gasteiger partial charge in [-0.15, -0.1) is 0 Å². The molecule has 3 heterocycles. The van der Waals surface area contributed by atoms with Crippen molar-refractivity contribution in [3.8, 4) is 11.3 Å². The van der Waals surface area contributed by atoms with E-state index in [4.69, 9.17) is 15.7 Å². The summed E-state index contributed by atoms with van der Waals surface area (Å²) >= 11 is 0. The van der Waals surface area contributed by atoms with Crippen LogP contribution in [0.2, 0.25) is 0 Å². The summed E-state index contributed by atoms with van der Waals surface area (Å²) in [4.78, 5) is 22.6. The van der Waals surface area contributed by atoms with Crippen LogP contribution in [-0.4, -0.2) is 29.5 Å². The highest BCUT2D eigenvalue weighted by Gasteiger charge is 2.15. The van der Waals surface area contributed by atoms with Gasteiger partial charge in [0, 0.05) is 5.56 Å². The number of aryl methyl sites for hydroxylation is 1. The second kappa shape index (κ2) is 6.38. The molecule has 5 rings (SSSR count). The van der Waals surface area contributed by atoms with Crippen LogP contribution in [0.25, 0.3) is 33.5 Å². The minimum absolute atomic E-state index is 0.368. The Kier molecular flexibility index (Phi) is 3.72. The highest BCUT2D eigenvalue weighted by molar-refractivity contribution is 5.82. The van der Waals surface area contributed by atoms with Crippen molar-refractivity contribution < 1.29 is 0 Å². The van der Waals surface area contributed by atoms with E-state index < -0.39 is 0 Å². The Morgan fingerprint density at radius 2 is 1.64 bits per heavy atom. The fourth-order valence-corrected chi connectivity index (χ4v) is 3.38. The van der Waals surface area contributed by atoms with E-state index in [1.807, 2.05) is 41.0 Å². The van der Waals surface area contributed by atoms with E-state index in [1.165, 1.54) is 6.33 Å². The number of rotatable bonds is 3. The second-order valence-electron chi connectivity index (χ2n) is 6.63. The number of aromatic nitrogens is 6. The molecular formula is C21H17N7. The number of benzene rings is 2. The standard InChI is InChI=1S/C21H17N7/c1-13-6-2-3-7-14(13)18-17(26-15-8-4-5-9-16(15)27-18)10-28-12-25-19-20(22)23-11-24-21(19)28/h2-9,11-12H,10H2,1H3,(H2,22,23,24). The summed E-state index contributed by atoms with van der Waals surface area (Å²) in [6, 6.07) is 16.1. The lowest BCUT2D eigenvalue weighted by Crippen LogP contribution is -2.06. The Morgan fingerprint density at radius 3 is 2.46 bits per heavy atom. The van der Waals surface area contributed by atoms with Gasteiger partial charge in [0.25, 0.3) is 0 Å². The van der Waals surface area contributed by atoms with Crippen LogP contribution in [-0.2, 0) is 6.54 Å². The lowest BCUT2D eigenvalue weighted by Gasteiger charge is -2.13. The van der Waals surface area contributed by atoms with Crippen LogP contribution < -0.4 is 5.73 Å². The summed E-state index contributed by atoms with van der Waals surface area (Å²) in [5, 5.41) is 0. The molecule has 136 valence electrons. The predicted octanol–water partition coefficient (Wildman–Crippen LogP) is 3.38. The monoisotopic (exact) mass is 367 g/mol. The number of hydrogen-bond donors (Lipinski definition) is 1. The predicted molar refractivity (Wildman–Crippen MR) is 109 cm³/mol. The molecule has 2 aromatic carbocycles. The van der Waals surface area contributed by atoms with Crippen molar-refractivity contribution in [2.75, 3.05) is 5.73 Å². The van der Waals surface area contributed by atoms with E-state index >= 15 is 0 Å². The molecular weight excluding hydrogens is 350 g/mol. The molecule has 0 bridgehead atoms. The van der Waals surface area contributed by atoms with Gasteiger partial charge in [-0.2, -0.15) is 0 Å². The SMILES string of the molecule is Cc1ccccc1-c1nc2ccccc2nc1Cn1cnc2c(N)ncnc21. The van der Waals surface area contributed by atoms with E-state index in [2.05, 4.69) is 34.0 Å². The molecule has 0 aliphatic heterocycles. The van der Waals surface area contributed by atoms with E-state index in [1.54, 1.807) is 6.33 Å². The van der Waals surface area contributed by atoms with Gasteiger partial charge in [-0.3, -0.25) is 0 Å². The molecule has 0 saturated carbocycles. The first kappa shape index (κ1) is 16.3. The lowest BCUT2D eigenvalue weighted by atomic mass is 10.0. The first-order chi connectivity index (χ1) is 13.7. The lowest BCUT2D eigenvalue weighted by molar-refractivity contribution is 0.789. The second-order valence-corrected chi connectivity index (χ2v) is 6.63. The minimum atomic E-state index is 0.368. The van der Waals surface area contributed by atoms with Crippen LogP contribution in [0.5, 0.6) is 0 Å². The number of nitrogens with two attached hydrogens (primary N) is 1. The minimum Gasteiger partial charge on any atom is -0.382 e. The van der Waals surface area contributed by atoms with Crippen LogP contribution in [0.4, 0.5) is 5.82 Å². The number of imidazole rings is 1. The highest BCUT2D eigenvalue weighted by atomic mass is 15.1. The smallest absolute Gasteiger partial charge is 0.165 e. The summed E-state index contributed by atoms with van der Waals surface area (Å²) in [6.45, 7) is 2.56. The quantitative estimate of drug-likeness (QED) is 0.525. The number of nitrogen functional groups attached to an aromatic ring is 1. The molecule has 0 amide bonds. The normalized spacial score (nSPS) is 11.3. The fourth-order valence-electron chi connectivity index (χ4n) is 3.38. The van der Waals surface area contributed by atoms with Gasteiger partial charge < -0.3 is 10.3 Å². The number of anilines is 1. The number of nitrogens with zero attached hydrogens (tertiary/aromatic N) is 6. The van der Waals surface area contributed by atoms with Crippen molar-refractivity contribution >= 4 is 28.0 Å². The third kappa shape index (κ3) is 2.64. The van der Waals surface area contributed by atoms with Crippen molar-refractivity contribution in [1.82, 2.24) is 29.5 Å². The molecule has 7 heteroatoms. The maximum absolute atomic E-state index is 5.92. The van der Waals surface area contributed by atoms with Gasteiger partial charge in [-0.25, -0.2) is 24.9 Å². The van der Waals surface area contributed by atoms with Gasteiger partial charge >= 0.3 is 0 Å². The first-order valence-electron chi connectivity index (χ1n) is 8.93. The number of fused-ring (bicyclic) bond motifs is 2. The van der Waals surface area contributed by atoms with Crippen molar-refractivity contribution in [3.05, 3.63) is 72.4 Å². The van der Waals surface area contributed by atoms with Gasteiger partial charge in [0.05, 0.1) is 35.3 Å². The molecule has 0 unspecified atom stereocenters. The Bertz CT molecular complexity index is 1320. The van der Waals surface area contributed by atoms with E-state index in [0.717, 1.165) is 33.5 Å². The van der Waals surface area contributed by atoms with Crippen LogP contribution in [0.3, 0.4) is 0 Å². The molecule has 0 atom stereocenters. The van der Waals surface area contributed by atoms with Crippen LogP contribution >= 0.6 is 0 Å². The molecule has 0 spiro atoms. The molecule has 28 heavy (non-hydrogen) atoms. The van der Waals surface area contributed by atoms with Crippen molar-refractivity contribution in [1.29, 1.82) is 0 Å². The highest BCUT2D eigenvalue weighted by Crippen LogP contribution is 2.27. The van der Waals surface area contributed by atoms with E-state index in [9.17, 15) is 0 Å². The first-order valence-corrected chi connectivity index (χ1v) is 8.93. The number of hydrogen-bond acceptors (Lipinski definition) is 6. The van der Waals surface area contributed by atoms with Crippen molar-refractivity contribution in [3.63, 3.8) is 0 Å². The van der Waals surface area contributed by atoms with Crippen LogP contribution in [0.1, 0.15) is 11.3 Å². The van der Waals surface area contributed by atoms with Gasteiger partial charge in [-0.1, -0.05) is 36.4 Å². The number of para-hydroxylation sites is 2. The summed E-state index contributed by atoms with van der Waals surface area (Å²) in [7, 11) is 0. The average Bonchev–Trinajstić information content (AvgIpc) is 3.12. The molecule has 0 radical (unpaired) electrons. The van der Waals surface area contributed by atoms with E-state index in [0.29, 0.717) is 23.5 Å². The Balaban J connectivity index is 1.72. The molecule has 2 N–H and O–H groups in total. The largest absolute Gasteiger partial charge is 0.382 e. The molecule has 0 saturated heterocycles. The maximum atomic E-state index is 5.92. The average molecular weight is 367 g/mol. The molecule has 0 aliphatic rings. The van der Waals surface area contributed by atoms with Crippen LogP contribution in [0.15, 0.2) is 61.2 Å². The molecule has 5 aromatic rings. The van der Waals surface area contributed by atoms with Gasteiger partial charge in [-0.05, 0) is 24.6 Å². The molecule has 0 aliphatic carbocycles. The van der Waals surface area contributed by atoms with E-state index in [-0.39, 0.29) is 0 Å². The zero-order valence-electron chi connectivity index (χ0n) is 15.2. The summed E-state index contributed by atoms with van der Waals surface area (Å²) in [5.74, 6) is 0.368. The molecule has 0 fully saturated rings. The molecule has 7 nitrogen and oxygen atoms in total. The third-order valence-electron chi connectivity index (χ3n) is 4.79. The van der Waals surface area contributed by atoms with Crippen LogP contribution in [0, 0.1) is 6.92 Å². The zero-order chi connectivity index (χ0) is 19.1. The Labute approximate surface area is 160 Å². The van der Waals surface area contributed by atoms with Crippen molar-refractivity contribution in [2.24, 2.45) is 0 Å². The molecule has 3 aromatic heterocycles. The fraction of sp³-hybridized carbons (Fsp3) is 0.0952. The topological polar surface area (TPSA) is 95.4 Å². The Hall–Kier alpha value is -3.87. The van der Waals surface area contributed by atoms with Gasteiger partial charge in [0.15, 0.2) is 11.5 Å². The Morgan fingerprint density at radius 1 is 0.893 bits per heavy atom. The maximum Gasteiger partial charge on any atom is 0.165 e. The summed E-state index contributed by atoms with van der Waals surface area (Å²) < 4.78 is 1.92. The summed E-state index contributed by atoms with van der Waals surface area (Å²) in [5.41, 5.74) is 12.8. The summed E-state index contributed by atoms with van der Waals surface area (Å²) in [6.07, 6.45) is 3.17. The van der Waals surface area contributed by atoms with Gasteiger partial charge in [0.1, 0.15) is 11.8 Å². The van der Waals surface area contributed by atoms with Gasteiger partial charge in [0.2, 0.25) is 0 Å². The third-order valence-corrected chi connectivity index (χ3v) is 4.79. The van der Waals surface area contributed by atoms with Crippen molar-refractivity contribution in [2.45, 2.75) is 13.5 Å².